The molecule has 3 saturated heterocycles. The van der Waals surface area contributed by atoms with Crippen LogP contribution < -0.4 is 18.9 Å². The summed E-state index contributed by atoms with van der Waals surface area (Å²) in [6.07, 6.45) is 3.51. The maximum Gasteiger partial charge on any atom is 1.00 e. The predicted molar refractivity (Wildman–Crippen MR) is 75.9 cm³/mol. The third kappa shape index (κ3) is 9.01. The molecular formula is C10H16BF2LiO8S2. The van der Waals surface area contributed by atoms with Crippen molar-refractivity contribution in [2.45, 2.75) is 25.7 Å². The molecule has 0 aromatic rings. The van der Waals surface area contributed by atoms with Crippen molar-refractivity contribution >= 4 is 38.7 Å². The van der Waals surface area contributed by atoms with Gasteiger partial charge in [0.25, 0.3) is 0 Å². The van der Waals surface area contributed by atoms with E-state index < -0.39 is 38.7 Å². The van der Waals surface area contributed by atoms with Gasteiger partial charge in [-0.05, 0) is 25.7 Å². The summed E-state index contributed by atoms with van der Waals surface area (Å²) in [5.74, 6) is -1.58. The summed E-state index contributed by atoms with van der Waals surface area (Å²) in [4.78, 5) is 19.7. The molecule has 3 rings (SSSR count). The molecule has 0 aromatic heterocycles. The van der Waals surface area contributed by atoms with Crippen LogP contribution in [0.5, 0.6) is 0 Å². The van der Waals surface area contributed by atoms with E-state index in [-0.39, 0.29) is 18.9 Å². The molecule has 0 N–H and O–H groups in total. The molecule has 134 valence electrons. The minimum Gasteiger partial charge on any atom is -0.593 e. The Kier molecular flexibility index (Phi) is 8.92. The van der Waals surface area contributed by atoms with Gasteiger partial charge in [-0.15, -0.1) is 0 Å². The summed E-state index contributed by atoms with van der Waals surface area (Å²) in [7, 11) is -9.74. The fourth-order valence-electron chi connectivity index (χ4n) is 1.86. The van der Waals surface area contributed by atoms with Crippen molar-refractivity contribution in [1.29, 1.82) is 0 Å². The van der Waals surface area contributed by atoms with Crippen LogP contribution in [0, 0.1) is 0 Å². The SMILES string of the molecule is O=C1O[B-](F)(F)OC1=O.O=S1(=O)CCCC1.O=S1(=O)CCCC1.[Li+]. The Morgan fingerprint density at radius 3 is 1.04 bits per heavy atom. The first-order valence-corrected chi connectivity index (χ1v) is 10.4. The van der Waals surface area contributed by atoms with Gasteiger partial charge in [0.1, 0.15) is 19.7 Å². The van der Waals surface area contributed by atoms with E-state index in [0.29, 0.717) is 23.0 Å². The zero-order chi connectivity index (χ0) is 17.7. The van der Waals surface area contributed by atoms with E-state index in [9.17, 15) is 35.1 Å². The minimum atomic E-state index is -4.65. The maximum atomic E-state index is 11.6. The van der Waals surface area contributed by atoms with Crippen molar-refractivity contribution in [3.63, 3.8) is 0 Å². The van der Waals surface area contributed by atoms with Gasteiger partial charge in [0.05, 0.1) is 23.0 Å². The fourth-order valence-corrected chi connectivity index (χ4v) is 4.85. The molecule has 0 aromatic carbocycles. The molecule has 0 atom stereocenters. The third-order valence-corrected chi connectivity index (χ3v) is 6.62. The van der Waals surface area contributed by atoms with Crippen molar-refractivity contribution in [3.05, 3.63) is 0 Å². The molecule has 8 nitrogen and oxygen atoms in total. The van der Waals surface area contributed by atoms with Gasteiger partial charge in [-0.1, -0.05) is 0 Å². The number of rotatable bonds is 0. The first-order valence-electron chi connectivity index (χ1n) is 6.80. The van der Waals surface area contributed by atoms with Gasteiger partial charge < -0.3 is 17.9 Å². The number of carbonyl (C=O) groups excluding carboxylic acids is 2. The van der Waals surface area contributed by atoms with Crippen LogP contribution in [0.15, 0.2) is 0 Å². The summed E-state index contributed by atoms with van der Waals surface area (Å²) >= 11 is 0. The van der Waals surface area contributed by atoms with Crippen molar-refractivity contribution < 1.29 is 63.2 Å². The summed E-state index contributed by atoms with van der Waals surface area (Å²) < 4.78 is 71.3. The first-order chi connectivity index (χ1) is 10.4. The van der Waals surface area contributed by atoms with E-state index in [1.54, 1.807) is 0 Å². The standard InChI is InChI=1S/2C4H8O2S.C2BF2O4.Li/c2*5-7(6)3-1-2-4-7;4-3(5)8-1(6)2(7)9-3;/h2*1-4H2;;/q;;-1;+1. The molecule has 0 radical (unpaired) electrons. The van der Waals surface area contributed by atoms with Gasteiger partial charge >= 0.3 is 37.9 Å². The molecule has 3 aliphatic rings. The van der Waals surface area contributed by atoms with Crippen LogP contribution >= 0.6 is 0 Å². The Labute approximate surface area is 150 Å². The van der Waals surface area contributed by atoms with Crippen LogP contribution in [0.3, 0.4) is 0 Å². The van der Waals surface area contributed by atoms with E-state index in [1.807, 2.05) is 0 Å². The van der Waals surface area contributed by atoms with Crippen LogP contribution in [0.2, 0.25) is 0 Å². The summed E-state index contributed by atoms with van der Waals surface area (Å²) in [5.41, 5.74) is 0. The van der Waals surface area contributed by atoms with E-state index in [1.165, 1.54) is 0 Å². The molecule has 0 unspecified atom stereocenters. The van der Waals surface area contributed by atoms with Gasteiger partial charge in [-0.3, -0.25) is 0 Å². The Morgan fingerprint density at radius 1 is 0.708 bits per heavy atom. The number of halogens is 2. The molecule has 24 heavy (non-hydrogen) atoms. The number of hydrogen-bond donors (Lipinski definition) is 0. The fraction of sp³-hybridized carbons (Fsp3) is 0.800. The molecule has 3 aliphatic heterocycles. The van der Waals surface area contributed by atoms with E-state index in [0.717, 1.165) is 25.7 Å². The van der Waals surface area contributed by atoms with E-state index in [4.69, 9.17) is 0 Å². The first kappa shape index (κ1) is 23.4. The molecule has 0 saturated carbocycles. The zero-order valence-corrected chi connectivity index (χ0v) is 14.7. The van der Waals surface area contributed by atoms with Crippen molar-refractivity contribution in [3.8, 4) is 0 Å². The van der Waals surface area contributed by atoms with Crippen molar-refractivity contribution in [2.24, 2.45) is 0 Å². The van der Waals surface area contributed by atoms with Crippen LogP contribution in [0.1, 0.15) is 25.7 Å². The van der Waals surface area contributed by atoms with E-state index >= 15 is 0 Å². The number of carbonyl (C=O) groups is 2. The smallest absolute Gasteiger partial charge is 0.593 e. The Balaban J connectivity index is 0.000000327. The third-order valence-electron chi connectivity index (χ3n) is 2.98. The summed E-state index contributed by atoms with van der Waals surface area (Å²) in [5, 5.41) is 0. The number of hydrogen-bond acceptors (Lipinski definition) is 8. The van der Waals surface area contributed by atoms with Gasteiger partial charge in [-0.25, -0.2) is 26.4 Å². The average molecular weight is 384 g/mol. The second-order valence-electron chi connectivity index (χ2n) is 5.06. The molecule has 14 heteroatoms. The maximum absolute atomic E-state index is 11.6. The quantitative estimate of drug-likeness (QED) is 0.317. The van der Waals surface area contributed by atoms with Gasteiger partial charge in [0, 0.05) is 0 Å². The van der Waals surface area contributed by atoms with Crippen molar-refractivity contribution in [2.75, 3.05) is 23.0 Å². The molecule has 3 heterocycles. The Morgan fingerprint density at radius 2 is 0.958 bits per heavy atom. The average Bonchev–Trinajstić information content (AvgIpc) is 3.02. The van der Waals surface area contributed by atoms with Crippen LogP contribution in [0.4, 0.5) is 8.63 Å². The van der Waals surface area contributed by atoms with Crippen LogP contribution in [-0.4, -0.2) is 58.9 Å². The molecule has 0 aliphatic carbocycles. The summed E-state index contributed by atoms with van der Waals surface area (Å²) in [6.45, 7) is 0. The molecule has 0 spiro atoms. The van der Waals surface area contributed by atoms with Crippen LogP contribution in [-0.2, 0) is 38.6 Å². The topological polar surface area (TPSA) is 121 Å². The molecule has 0 bridgehead atoms. The Hall–Kier alpha value is -0.638. The predicted octanol–water partition coefficient (Wildman–Crippen LogP) is -3.14. The monoisotopic (exact) mass is 384 g/mol. The second kappa shape index (κ2) is 9.17. The van der Waals surface area contributed by atoms with Gasteiger partial charge in [0.15, 0.2) is 0 Å². The van der Waals surface area contributed by atoms with E-state index in [2.05, 4.69) is 9.31 Å². The minimum absolute atomic E-state index is 0. The van der Waals surface area contributed by atoms with Gasteiger partial charge in [0.2, 0.25) is 0 Å². The zero-order valence-electron chi connectivity index (χ0n) is 13.1. The molecular weight excluding hydrogens is 368 g/mol. The molecule has 3 fully saturated rings. The van der Waals surface area contributed by atoms with Crippen molar-refractivity contribution in [1.82, 2.24) is 0 Å². The number of sulfone groups is 2. The van der Waals surface area contributed by atoms with Crippen LogP contribution in [0.25, 0.3) is 0 Å². The second-order valence-corrected chi connectivity index (χ2v) is 9.67. The summed E-state index contributed by atoms with van der Waals surface area (Å²) in [6, 6.07) is 0. The normalized spacial score (nSPS) is 25.1. The Bertz CT molecular complexity index is 584. The van der Waals surface area contributed by atoms with Gasteiger partial charge in [-0.2, -0.15) is 0 Å². The molecule has 0 amide bonds. The largest absolute Gasteiger partial charge is 1.00 e.